The van der Waals surface area contributed by atoms with Crippen molar-refractivity contribution >= 4 is 0 Å². The van der Waals surface area contributed by atoms with Crippen LogP contribution in [0, 0.1) is 0 Å². The summed E-state index contributed by atoms with van der Waals surface area (Å²) in [6.45, 7) is 3.76. The van der Waals surface area contributed by atoms with E-state index in [1.807, 2.05) is 13.8 Å². The van der Waals surface area contributed by atoms with E-state index in [2.05, 4.69) is 0 Å². The molecule has 0 bridgehead atoms. The van der Waals surface area contributed by atoms with Crippen molar-refractivity contribution in [2.75, 3.05) is 0 Å². The first-order valence-electron chi connectivity index (χ1n) is 5.35. The van der Waals surface area contributed by atoms with Gasteiger partial charge >= 0.3 is 0 Å². The van der Waals surface area contributed by atoms with Gasteiger partial charge in [0.05, 0.1) is 18.3 Å². The summed E-state index contributed by atoms with van der Waals surface area (Å²) < 4.78 is 5.41. The number of hydrogen-bond donors (Lipinski definition) is 4. The fraction of sp³-hybridized carbons (Fsp3) is 1.00. The van der Waals surface area contributed by atoms with Gasteiger partial charge in [0, 0.05) is 6.42 Å². The molecular weight excluding hydrogens is 200 g/mol. The van der Waals surface area contributed by atoms with Crippen LogP contribution in [0.4, 0.5) is 0 Å². The van der Waals surface area contributed by atoms with Gasteiger partial charge in [0.15, 0.2) is 0 Å². The second-order valence-corrected chi connectivity index (χ2v) is 4.17. The van der Waals surface area contributed by atoms with Crippen molar-refractivity contribution in [3.05, 3.63) is 0 Å². The first-order chi connectivity index (χ1) is 6.97. The zero-order valence-corrected chi connectivity index (χ0v) is 9.08. The van der Waals surface area contributed by atoms with Gasteiger partial charge in [-0.2, -0.15) is 0 Å². The van der Waals surface area contributed by atoms with E-state index in [1.54, 1.807) is 0 Å². The molecule has 6 atom stereocenters. The van der Waals surface area contributed by atoms with E-state index >= 15 is 0 Å². The predicted molar refractivity (Wildman–Crippen MR) is 53.3 cm³/mol. The Kier molecular flexibility index (Phi) is 4.48. The molecule has 0 radical (unpaired) electrons. The Morgan fingerprint density at radius 3 is 2.27 bits per heavy atom. The van der Waals surface area contributed by atoms with Gasteiger partial charge in [-0.05, 0) is 13.3 Å². The van der Waals surface area contributed by atoms with Crippen LogP contribution in [-0.4, -0.2) is 57.0 Å². The van der Waals surface area contributed by atoms with Gasteiger partial charge in [-0.3, -0.25) is 0 Å². The molecule has 0 spiro atoms. The molecule has 1 rings (SSSR count). The fourth-order valence-corrected chi connectivity index (χ4v) is 1.71. The van der Waals surface area contributed by atoms with Crippen molar-refractivity contribution in [3.8, 4) is 0 Å². The quantitative estimate of drug-likeness (QED) is 0.491. The predicted octanol–water partition coefficient (Wildman–Crippen LogP) is -0.983. The number of aliphatic hydroxyl groups is 4. The average Bonchev–Trinajstić information content (AvgIpc) is 2.21. The molecule has 90 valence electrons. The molecule has 15 heavy (non-hydrogen) atoms. The van der Waals surface area contributed by atoms with Gasteiger partial charge in [0.2, 0.25) is 0 Å². The SMILES string of the molecule is CCC(C)OC1C(O)CC(O)C(O)C1O. The molecule has 0 aromatic rings. The number of rotatable bonds is 3. The van der Waals surface area contributed by atoms with Crippen LogP contribution in [0.25, 0.3) is 0 Å². The van der Waals surface area contributed by atoms with Gasteiger partial charge in [0.1, 0.15) is 18.3 Å². The summed E-state index contributed by atoms with van der Waals surface area (Å²) in [4.78, 5) is 0. The molecule has 0 amide bonds. The summed E-state index contributed by atoms with van der Waals surface area (Å²) in [5.74, 6) is 0. The lowest BCUT2D eigenvalue weighted by Gasteiger charge is -2.39. The molecule has 1 fully saturated rings. The van der Waals surface area contributed by atoms with Crippen LogP contribution in [0.5, 0.6) is 0 Å². The molecule has 1 aliphatic rings. The third-order valence-corrected chi connectivity index (χ3v) is 2.91. The molecule has 0 saturated heterocycles. The van der Waals surface area contributed by atoms with Crippen LogP contribution < -0.4 is 0 Å². The molecular formula is C10H20O5. The fourth-order valence-electron chi connectivity index (χ4n) is 1.71. The number of hydrogen-bond acceptors (Lipinski definition) is 5. The van der Waals surface area contributed by atoms with Gasteiger partial charge in [0.25, 0.3) is 0 Å². The topological polar surface area (TPSA) is 90.2 Å². The maximum Gasteiger partial charge on any atom is 0.112 e. The number of aliphatic hydroxyl groups excluding tert-OH is 4. The molecule has 1 saturated carbocycles. The van der Waals surface area contributed by atoms with Crippen LogP contribution in [0.3, 0.4) is 0 Å². The number of ether oxygens (including phenoxy) is 1. The third-order valence-electron chi connectivity index (χ3n) is 2.91. The molecule has 5 heteroatoms. The zero-order valence-electron chi connectivity index (χ0n) is 9.08. The van der Waals surface area contributed by atoms with Crippen LogP contribution >= 0.6 is 0 Å². The second kappa shape index (κ2) is 5.23. The Morgan fingerprint density at radius 1 is 1.13 bits per heavy atom. The zero-order chi connectivity index (χ0) is 11.6. The molecule has 6 unspecified atom stereocenters. The van der Waals surface area contributed by atoms with Gasteiger partial charge in [-0.25, -0.2) is 0 Å². The third kappa shape index (κ3) is 2.89. The van der Waals surface area contributed by atoms with E-state index in [0.29, 0.717) is 0 Å². The van der Waals surface area contributed by atoms with E-state index in [9.17, 15) is 20.4 Å². The molecule has 0 heterocycles. The summed E-state index contributed by atoms with van der Waals surface area (Å²) in [6.07, 6.45) is -4.65. The molecule has 0 aromatic heterocycles. The van der Waals surface area contributed by atoms with Crippen LogP contribution in [0.1, 0.15) is 26.7 Å². The summed E-state index contributed by atoms with van der Waals surface area (Å²) in [7, 11) is 0. The second-order valence-electron chi connectivity index (χ2n) is 4.17. The lowest BCUT2D eigenvalue weighted by Crippen LogP contribution is -2.57. The first-order valence-corrected chi connectivity index (χ1v) is 5.35. The maximum atomic E-state index is 9.63. The summed E-state index contributed by atoms with van der Waals surface area (Å²) in [5.41, 5.74) is 0. The maximum absolute atomic E-state index is 9.63. The highest BCUT2D eigenvalue weighted by molar-refractivity contribution is 4.93. The van der Waals surface area contributed by atoms with Crippen molar-refractivity contribution in [2.45, 2.75) is 63.3 Å². The average molecular weight is 220 g/mol. The molecule has 4 N–H and O–H groups in total. The standard InChI is InChI=1S/C10H20O5/c1-3-5(2)15-10-7(12)4-6(11)8(13)9(10)14/h5-14H,3-4H2,1-2H3. The Labute approximate surface area is 89.3 Å². The Hall–Kier alpha value is -0.200. The van der Waals surface area contributed by atoms with Crippen molar-refractivity contribution in [1.82, 2.24) is 0 Å². The highest BCUT2D eigenvalue weighted by Crippen LogP contribution is 2.24. The Bertz CT molecular complexity index is 198. The molecule has 0 aliphatic heterocycles. The van der Waals surface area contributed by atoms with Crippen molar-refractivity contribution in [3.63, 3.8) is 0 Å². The van der Waals surface area contributed by atoms with Gasteiger partial charge < -0.3 is 25.2 Å². The lowest BCUT2D eigenvalue weighted by molar-refractivity contribution is -0.205. The monoisotopic (exact) mass is 220 g/mol. The summed E-state index contributed by atoms with van der Waals surface area (Å²) in [5, 5.41) is 38.0. The van der Waals surface area contributed by atoms with Crippen molar-refractivity contribution in [1.29, 1.82) is 0 Å². The minimum Gasteiger partial charge on any atom is -0.390 e. The highest BCUT2D eigenvalue weighted by Gasteiger charge is 2.43. The van der Waals surface area contributed by atoms with Crippen LogP contribution in [-0.2, 0) is 4.74 Å². The lowest BCUT2D eigenvalue weighted by atomic mass is 9.87. The molecule has 1 aliphatic carbocycles. The van der Waals surface area contributed by atoms with Gasteiger partial charge in [-0.15, -0.1) is 0 Å². The van der Waals surface area contributed by atoms with E-state index in [-0.39, 0.29) is 12.5 Å². The normalized spacial score (nSPS) is 44.0. The van der Waals surface area contributed by atoms with E-state index in [0.717, 1.165) is 6.42 Å². The van der Waals surface area contributed by atoms with E-state index in [1.165, 1.54) is 0 Å². The minimum absolute atomic E-state index is 0.0271. The van der Waals surface area contributed by atoms with E-state index < -0.39 is 30.5 Å². The minimum atomic E-state index is -1.25. The van der Waals surface area contributed by atoms with Gasteiger partial charge in [-0.1, -0.05) is 6.92 Å². The Balaban J connectivity index is 2.61. The Morgan fingerprint density at radius 2 is 1.73 bits per heavy atom. The van der Waals surface area contributed by atoms with Crippen molar-refractivity contribution < 1.29 is 25.2 Å². The van der Waals surface area contributed by atoms with Crippen molar-refractivity contribution in [2.24, 2.45) is 0 Å². The largest absolute Gasteiger partial charge is 0.390 e. The first kappa shape index (κ1) is 12.9. The summed E-state index contributed by atoms with van der Waals surface area (Å²) >= 11 is 0. The highest BCUT2D eigenvalue weighted by atomic mass is 16.5. The molecule has 0 aromatic carbocycles. The molecule has 5 nitrogen and oxygen atoms in total. The van der Waals surface area contributed by atoms with Crippen LogP contribution in [0.15, 0.2) is 0 Å². The van der Waals surface area contributed by atoms with E-state index in [4.69, 9.17) is 4.74 Å². The smallest absolute Gasteiger partial charge is 0.112 e. The van der Waals surface area contributed by atoms with Crippen LogP contribution in [0.2, 0.25) is 0 Å². The summed E-state index contributed by atoms with van der Waals surface area (Å²) in [6, 6.07) is 0.